The van der Waals surface area contributed by atoms with Gasteiger partial charge in [-0.1, -0.05) is 60.7 Å². The second-order valence-electron chi connectivity index (χ2n) is 10.6. The summed E-state index contributed by atoms with van der Waals surface area (Å²) in [7, 11) is -3.31. The maximum Gasteiger partial charge on any atom is 0.407 e. The zero-order chi connectivity index (χ0) is 33.1. The molecule has 0 aliphatic rings. The number of hydrogen-bond donors (Lipinski definition) is 3. The van der Waals surface area contributed by atoms with Gasteiger partial charge in [0.1, 0.15) is 18.3 Å². The van der Waals surface area contributed by atoms with E-state index in [1.165, 1.54) is 38.1 Å². The fraction of sp³-hybridized carbons (Fsp3) is 0.344. The first-order chi connectivity index (χ1) is 21.4. The third-order valence-electron chi connectivity index (χ3n) is 7.07. The van der Waals surface area contributed by atoms with E-state index in [4.69, 9.17) is 20.9 Å². The van der Waals surface area contributed by atoms with Crippen LogP contribution in [0.2, 0.25) is 0 Å². The van der Waals surface area contributed by atoms with Gasteiger partial charge in [0.25, 0.3) is 0 Å². The normalized spacial score (nSPS) is 13.7. The average Bonchev–Trinajstić information content (AvgIpc) is 3.01. The Morgan fingerprint density at radius 2 is 1.42 bits per heavy atom. The first-order valence-corrected chi connectivity index (χ1v) is 15.8. The SMILES string of the molecule is COC(=O)N[C@H](C(=O)OC(=O)[C@H](CC(F)CCN)N(C(C)C)S(=O)(=O)c1ccc(N)cc1)C(c1ccccc1)c1ccccc1. The number of benzene rings is 3. The van der Waals surface area contributed by atoms with E-state index in [2.05, 4.69) is 5.32 Å². The molecule has 0 aliphatic heterocycles. The van der Waals surface area contributed by atoms with Crippen molar-refractivity contribution in [2.24, 2.45) is 5.73 Å². The van der Waals surface area contributed by atoms with Gasteiger partial charge < -0.3 is 26.3 Å². The number of nitrogens with one attached hydrogen (secondary N) is 1. The Labute approximate surface area is 262 Å². The highest BCUT2D eigenvalue weighted by atomic mass is 32.2. The quantitative estimate of drug-likeness (QED) is 0.135. The maximum absolute atomic E-state index is 15.1. The average molecular weight is 643 g/mol. The van der Waals surface area contributed by atoms with Gasteiger partial charge in [0.15, 0.2) is 0 Å². The molecule has 0 saturated carbocycles. The van der Waals surface area contributed by atoms with Crippen molar-refractivity contribution < 1.29 is 36.7 Å². The van der Waals surface area contributed by atoms with Gasteiger partial charge in [-0.2, -0.15) is 4.31 Å². The van der Waals surface area contributed by atoms with E-state index in [-0.39, 0.29) is 17.9 Å². The molecule has 13 heteroatoms. The summed E-state index contributed by atoms with van der Waals surface area (Å²) in [6.07, 6.45) is -3.47. The van der Waals surface area contributed by atoms with Crippen LogP contribution in [0.3, 0.4) is 0 Å². The van der Waals surface area contributed by atoms with E-state index in [1.54, 1.807) is 60.7 Å². The molecular weight excluding hydrogens is 603 g/mol. The number of nitrogens with zero attached hydrogens (tertiary/aromatic N) is 1. The van der Waals surface area contributed by atoms with Crippen LogP contribution in [-0.2, 0) is 29.1 Å². The van der Waals surface area contributed by atoms with E-state index in [0.717, 1.165) is 11.4 Å². The smallest absolute Gasteiger partial charge is 0.407 e. The summed E-state index contributed by atoms with van der Waals surface area (Å²) in [6.45, 7) is 2.96. The van der Waals surface area contributed by atoms with Gasteiger partial charge in [0, 0.05) is 24.1 Å². The van der Waals surface area contributed by atoms with Crippen molar-refractivity contribution in [1.82, 2.24) is 9.62 Å². The maximum atomic E-state index is 15.1. The molecule has 45 heavy (non-hydrogen) atoms. The standard InChI is InChI=1S/C32H39FN4O7S/c1-21(2)37(45(41,42)26-16-14-25(35)15-17-26)27(20-24(33)18-19-34)30(38)44-31(39)29(36-32(40)43-3)28(22-10-6-4-7-11-22)23-12-8-5-9-13-23/h4-17,21,24,27-29H,18-20,34-35H2,1-3H3,(H,36,40)/t24?,27-,29-/m0/s1. The Morgan fingerprint density at radius 1 is 0.889 bits per heavy atom. The van der Waals surface area contributed by atoms with Crippen molar-refractivity contribution in [3.8, 4) is 0 Å². The molecule has 1 unspecified atom stereocenters. The summed E-state index contributed by atoms with van der Waals surface area (Å²) < 4.78 is 53.6. The first kappa shape index (κ1) is 35.2. The number of carbonyl (C=O) groups is 3. The number of alkyl halides is 1. The second kappa shape index (κ2) is 16.1. The number of methoxy groups -OCH3 is 1. The van der Waals surface area contributed by atoms with Crippen LogP contribution in [0, 0.1) is 0 Å². The van der Waals surface area contributed by atoms with Crippen molar-refractivity contribution in [3.05, 3.63) is 96.1 Å². The summed E-state index contributed by atoms with van der Waals surface area (Å²) in [5.41, 5.74) is 12.8. The molecule has 3 rings (SSSR count). The van der Waals surface area contributed by atoms with Crippen molar-refractivity contribution in [2.75, 3.05) is 19.4 Å². The number of ether oxygens (including phenoxy) is 2. The molecule has 0 bridgehead atoms. The largest absolute Gasteiger partial charge is 0.453 e. The van der Waals surface area contributed by atoms with Crippen molar-refractivity contribution >= 4 is 33.7 Å². The lowest BCUT2D eigenvalue weighted by Crippen LogP contribution is -2.52. The number of sulfonamides is 1. The number of amides is 1. The summed E-state index contributed by atoms with van der Waals surface area (Å²) in [5, 5.41) is 2.46. The number of carbonyl (C=O) groups excluding carboxylic acids is 3. The molecule has 5 N–H and O–H groups in total. The van der Waals surface area contributed by atoms with Crippen LogP contribution in [0.25, 0.3) is 0 Å². The van der Waals surface area contributed by atoms with Gasteiger partial charge >= 0.3 is 18.0 Å². The molecule has 3 aromatic carbocycles. The Kier molecular flexibility index (Phi) is 12.6. The third kappa shape index (κ3) is 9.10. The minimum absolute atomic E-state index is 0.0603. The Morgan fingerprint density at radius 3 is 1.89 bits per heavy atom. The Bertz CT molecular complexity index is 1480. The topological polar surface area (TPSA) is 171 Å². The number of esters is 2. The molecule has 0 fully saturated rings. The molecule has 242 valence electrons. The predicted octanol–water partition coefficient (Wildman–Crippen LogP) is 3.74. The fourth-order valence-electron chi connectivity index (χ4n) is 5.00. The monoisotopic (exact) mass is 642 g/mol. The van der Waals surface area contributed by atoms with Crippen LogP contribution in [-0.4, -0.2) is 68.7 Å². The van der Waals surface area contributed by atoms with Gasteiger partial charge in [-0.15, -0.1) is 0 Å². The van der Waals surface area contributed by atoms with Gasteiger partial charge in [0.05, 0.1) is 12.0 Å². The predicted molar refractivity (Wildman–Crippen MR) is 167 cm³/mol. The lowest BCUT2D eigenvalue weighted by molar-refractivity contribution is -0.165. The van der Waals surface area contributed by atoms with Crippen LogP contribution in [0.1, 0.15) is 43.7 Å². The zero-order valence-electron chi connectivity index (χ0n) is 25.3. The molecule has 0 saturated heterocycles. The number of rotatable bonds is 14. The lowest BCUT2D eigenvalue weighted by Gasteiger charge is -2.33. The van der Waals surface area contributed by atoms with E-state index < -0.39 is 64.7 Å². The number of halogens is 1. The van der Waals surface area contributed by atoms with E-state index in [9.17, 15) is 22.8 Å². The molecule has 1 amide bonds. The number of anilines is 1. The molecule has 0 aromatic heterocycles. The zero-order valence-corrected chi connectivity index (χ0v) is 26.2. The van der Waals surface area contributed by atoms with Crippen LogP contribution < -0.4 is 16.8 Å². The number of hydrogen-bond acceptors (Lipinski definition) is 9. The first-order valence-electron chi connectivity index (χ1n) is 14.3. The lowest BCUT2D eigenvalue weighted by atomic mass is 9.85. The minimum atomic E-state index is -4.43. The second-order valence-corrected chi connectivity index (χ2v) is 12.4. The van der Waals surface area contributed by atoms with Gasteiger partial charge in [-0.25, -0.2) is 27.2 Å². The van der Waals surface area contributed by atoms with Gasteiger partial charge in [0.2, 0.25) is 10.0 Å². The molecular formula is C32H39FN4O7S. The van der Waals surface area contributed by atoms with Gasteiger partial charge in [-0.3, -0.25) is 0 Å². The molecule has 3 atom stereocenters. The summed E-state index contributed by atoms with van der Waals surface area (Å²) in [5.74, 6) is -3.36. The van der Waals surface area contributed by atoms with Crippen molar-refractivity contribution in [3.63, 3.8) is 0 Å². The highest BCUT2D eigenvalue weighted by Gasteiger charge is 2.43. The fourth-order valence-corrected chi connectivity index (χ4v) is 6.79. The summed E-state index contributed by atoms with van der Waals surface area (Å²) in [6, 6.07) is 18.6. The molecule has 0 heterocycles. The highest BCUT2D eigenvalue weighted by molar-refractivity contribution is 7.89. The number of alkyl carbamates (subject to hydrolysis) is 1. The van der Waals surface area contributed by atoms with Crippen LogP contribution >= 0.6 is 0 Å². The van der Waals surface area contributed by atoms with Crippen LogP contribution in [0.15, 0.2) is 89.8 Å². The van der Waals surface area contributed by atoms with Gasteiger partial charge in [-0.05, 0) is 62.2 Å². The summed E-state index contributed by atoms with van der Waals surface area (Å²) in [4.78, 5) is 39.9. The Hall–Kier alpha value is -4.33. The van der Waals surface area contributed by atoms with E-state index in [0.29, 0.717) is 16.8 Å². The molecule has 11 nitrogen and oxygen atoms in total. The van der Waals surface area contributed by atoms with E-state index in [1.807, 2.05) is 0 Å². The van der Waals surface area contributed by atoms with Crippen LogP contribution in [0.4, 0.5) is 14.9 Å². The highest BCUT2D eigenvalue weighted by Crippen LogP contribution is 2.30. The number of nitrogen functional groups attached to an aromatic ring is 1. The van der Waals surface area contributed by atoms with Crippen LogP contribution in [0.5, 0.6) is 0 Å². The van der Waals surface area contributed by atoms with Crippen molar-refractivity contribution in [1.29, 1.82) is 0 Å². The molecule has 0 aliphatic carbocycles. The molecule has 3 aromatic rings. The summed E-state index contributed by atoms with van der Waals surface area (Å²) >= 11 is 0. The number of nitrogens with two attached hydrogens (primary N) is 2. The molecule has 0 radical (unpaired) electrons. The third-order valence-corrected chi connectivity index (χ3v) is 9.17. The van der Waals surface area contributed by atoms with E-state index >= 15 is 4.39 Å². The minimum Gasteiger partial charge on any atom is -0.453 e. The molecule has 0 spiro atoms. The van der Waals surface area contributed by atoms with Crippen molar-refractivity contribution in [2.45, 2.75) is 61.8 Å². The Balaban J connectivity index is 2.07.